The maximum atomic E-state index is 6.08. The second kappa shape index (κ2) is 8.33. The Morgan fingerprint density at radius 2 is 1.79 bits per heavy atom. The number of nitrogens with one attached hydrogen (secondary N) is 1. The molecule has 4 rings (SSSR count). The van der Waals surface area contributed by atoms with Crippen LogP contribution in [0.1, 0.15) is 18.4 Å². The molecular formula is C24H20ClN3O. The van der Waals surface area contributed by atoms with Gasteiger partial charge in [0.1, 0.15) is 10.7 Å². The molecule has 0 aliphatic heterocycles. The standard InChI is InChI=1S/C24H20ClN3O/c1-16(26-15-23-28-20-12-6-7-14-22(20)29-23)24-19(18-9-4-3-5-10-18)11-8-13-21(24)27-17(2)25/h3-14,26H,1,15H2,2H3/b27-17+. The molecular weight excluding hydrogens is 382 g/mol. The first-order valence-corrected chi connectivity index (χ1v) is 9.66. The van der Waals surface area contributed by atoms with Crippen LogP contribution < -0.4 is 5.32 Å². The quantitative estimate of drug-likeness (QED) is 0.373. The van der Waals surface area contributed by atoms with Gasteiger partial charge >= 0.3 is 0 Å². The third kappa shape index (κ3) is 4.23. The molecule has 4 nitrogen and oxygen atoms in total. The summed E-state index contributed by atoms with van der Waals surface area (Å²) in [5, 5.41) is 3.80. The van der Waals surface area contributed by atoms with E-state index in [9.17, 15) is 0 Å². The fourth-order valence-corrected chi connectivity index (χ4v) is 3.33. The van der Waals surface area contributed by atoms with Gasteiger partial charge in [-0.25, -0.2) is 9.98 Å². The van der Waals surface area contributed by atoms with Crippen LogP contribution in [0.3, 0.4) is 0 Å². The first kappa shape index (κ1) is 19.0. The summed E-state index contributed by atoms with van der Waals surface area (Å²) in [4.78, 5) is 9.01. The molecule has 0 atom stereocenters. The molecule has 0 saturated carbocycles. The number of benzene rings is 3. The lowest BCUT2D eigenvalue weighted by atomic mass is 9.96. The van der Waals surface area contributed by atoms with Crippen molar-refractivity contribution in [3.8, 4) is 11.1 Å². The van der Waals surface area contributed by atoms with Crippen LogP contribution in [0.2, 0.25) is 0 Å². The van der Waals surface area contributed by atoms with Crippen molar-refractivity contribution in [3.05, 3.63) is 90.8 Å². The van der Waals surface area contributed by atoms with E-state index in [1.807, 2.05) is 54.6 Å². The molecule has 0 unspecified atom stereocenters. The SMILES string of the molecule is C=C(NCc1nc2ccccc2o1)c1c(/N=C(\C)Cl)cccc1-c1ccccc1. The molecule has 0 bridgehead atoms. The Morgan fingerprint density at radius 1 is 1.03 bits per heavy atom. The summed E-state index contributed by atoms with van der Waals surface area (Å²) in [7, 11) is 0. The number of fused-ring (bicyclic) bond motifs is 1. The molecule has 4 aromatic rings. The Labute approximate surface area is 174 Å². The minimum atomic E-state index is 0.416. The summed E-state index contributed by atoms with van der Waals surface area (Å²) in [5.41, 5.74) is 6.09. The van der Waals surface area contributed by atoms with Gasteiger partial charge in [-0.3, -0.25) is 0 Å². The molecule has 29 heavy (non-hydrogen) atoms. The van der Waals surface area contributed by atoms with E-state index in [0.717, 1.165) is 39.2 Å². The van der Waals surface area contributed by atoms with Crippen LogP contribution in [0.15, 0.2) is 88.8 Å². The van der Waals surface area contributed by atoms with E-state index in [-0.39, 0.29) is 0 Å². The molecule has 1 aromatic heterocycles. The van der Waals surface area contributed by atoms with Gasteiger partial charge in [0.25, 0.3) is 0 Å². The molecule has 0 saturated heterocycles. The number of rotatable bonds is 6. The minimum absolute atomic E-state index is 0.416. The zero-order valence-electron chi connectivity index (χ0n) is 16.0. The first-order chi connectivity index (χ1) is 14.1. The normalized spacial score (nSPS) is 11.6. The summed E-state index contributed by atoms with van der Waals surface area (Å²) < 4.78 is 5.80. The predicted molar refractivity (Wildman–Crippen MR) is 120 cm³/mol. The van der Waals surface area contributed by atoms with Crippen LogP contribution in [0.5, 0.6) is 0 Å². The van der Waals surface area contributed by atoms with E-state index in [2.05, 4.69) is 40.1 Å². The van der Waals surface area contributed by atoms with E-state index in [1.165, 1.54) is 0 Å². The van der Waals surface area contributed by atoms with Gasteiger partial charge in [-0.1, -0.05) is 72.8 Å². The number of oxazole rings is 1. The van der Waals surface area contributed by atoms with Gasteiger partial charge in [0.05, 0.1) is 12.2 Å². The average Bonchev–Trinajstić information content (AvgIpc) is 3.15. The van der Waals surface area contributed by atoms with Gasteiger partial charge in [0, 0.05) is 11.3 Å². The van der Waals surface area contributed by atoms with E-state index in [4.69, 9.17) is 16.0 Å². The summed E-state index contributed by atoms with van der Waals surface area (Å²) in [6.07, 6.45) is 0. The molecule has 0 aliphatic carbocycles. The lowest BCUT2D eigenvalue weighted by Gasteiger charge is -2.16. The highest BCUT2D eigenvalue weighted by Crippen LogP contribution is 2.35. The Hall–Kier alpha value is -3.37. The Balaban J connectivity index is 1.68. The summed E-state index contributed by atoms with van der Waals surface area (Å²) in [5.74, 6) is 0.600. The van der Waals surface area contributed by atoms with Crippen molar-refractivity contribution in [2.75, 3.05) is 0 Å². The molecule has 1 heterocycles. The average molecular weight is 402 g/mol. The molecule has 0 fully saturated rings. The van der Waals surface area contributed by atoms with Crippen molar-refractivity contribution in [2.45, 2.75) is 13.5 Å². The third-order valence-electron chi connectivity index (χ3n) is 4.49. The Kier molecular flexibility index (Phi) is 5.45. The lowest BCUT2D eigenvalue weighted by Crippen LogP contribution is -2.12. The van der Waals surface area contributed by atoms with Crippen molar-refractivity contribution in [1.82, 2.24) is 10.3 Å². The Morgan fingerprint density at radius 3 is 2.55 bits per heavy atom. The molecule has 0 amide bonds. The van der Waals surface area contributed by atoms with Crippen LogP contribution in [0.25, 0.3) is 27.9 Å². The highest BCUT2D eigenvalue weighted by atomic mass is 35.5. The highest BCUT2D eigenvalue weighted by molar-refractivity contribution is 6.65. The molecule has 0 aliphatic rings. The van der Waals surface area contributed by atoms with Crippen LogP contribution in [-0.4, -0.2) is 10.2 Å². The Bertz CT molecular complexity index is 1160. The van der Waals surface area contributed by atoms with Crippen molar-refractivity contribution in [1.29, 1.82) is 0 Å². The van der Waals surface area contributed by atoms with Crippen molar-refractivity contribution < 1.29 is 4.42 Å². The zero-order chi connectivity index (χ0) is 20.2. The second-order valence-electron chi connectivity index (χ2n) is 6.58. The fraction of sp³-hybridized carbons (Fsp3) is 0.0833. The van der Waals surface area contributed by atoms with Gasteiger partial charge in [-0.2, -0.15) is 0 Å². The molecule has 3 aromatic carbocycles. The number of para-hydroxylation sites is 2. The van der Waals surface area contributed by atoms with Crippen LogP contribution >= 0.6 is 11.6 Å². The zero-order valence-corrected chi connectivity index (χ0v) is 16.8. The van der Waals surface area contributed by atoms with E-state index in [1.54, 1.807) is 6.92 Å². The summed E-state index contributed by atoms with van der Waals surface area (Å²) in [6, 6.07) is 23.8. The predicted octanol–water partition coefficient (Wildman–Crippen LogP) is 6.54. The summed E-state index contributed by atoms with van der Waals surface area (Å²) in [6.45, 7) is 6.43. The van der Waals surface area contributed by atoms with Gasteiger partial charge in [-0.15, -0.1) is 0 Å². The van der Waals surface area contributed by atoms with Crippen LogP contribution in [0, 0.1) is 0 Å². The molecule has 144 valence electrons. The molecule has 5 heteroatoms. The minimum Gasteiger partial charge on any atom is -0.439 e. The maximum Gasteiger partial charge on any atom is 0.214 e. The largest absolute Gasteiger partial charge is 0.439 e. The number of hydrogen-bond donors (Lipinski definition) is 1. The number of aromatic nitrogens is 1. The fourth-order valence-electron chi connectivity index (χ4n) is 3.24. The van der Waals surface area contributed by atoms with Crippen molar-refractivity contribution in [2.24, 2.45) is 4.99 Å². The topological polar surface area (TPSA) is 50.4 Å². The van der Waals surface area contributed by atoms with Gasteiger partial charge in [0.2, 0.25) is 5.89 Å². The first-order valence-electron chi connectivity index (χ1n) is 9.28. The number of hydrogen-bond acceptors (Lipinski definition) is 4. The van der Waals surface area contributed by atoms with Crippen LogP contribution in [-0.2, 0) is 6.54 Å². The monoisotopic (exact) mass is 401 g/mol. The molecule has 0 radical (unpaired) electrons. The summed E-state index contributed by atoms with van der Waals surface area (Å²) >= 11 is 6.08. The third-order valence-corrected chi connectivity index (χ3v) is 4.58. The number of nitrogens with zero attached hydrogens (tertiary/aromatic N) is 2. The van der Waals surface area contributed by atoms with E-state index in [0.29, 0.717) is 17.6 Å². The maximum absolute atomic E-state index is 6.08. The lowest BCUT2D eigenvalue weighted by molar-refractivity contribution is 0.519. The van der Waals surface area contributed by atoms with E-state index >= 15 is 0 Å². The van der Waals surface area contributed by atoms with Crippen molar-refractivity contribution >= 4 is 39.3 Å². The van der Waals surface area contributed by atoms with Gasteiger partial charge in [0.15, 0.2) is 5.58 Å². The molecule has 1 N–H and O–H groups in total. The van der Waals surface area contributed by atoms with Gasteiger partial charge < -0.3 is 9.73 Å². The van der Waals surface area contributed by atoms with Crippen LogP contribution in [0.4, 0.5) is 5.69 Å². The number of aliphatic imine (C=N–C) groups is 1. The van der Waals surface area contributed by atoms with E-state index < -0.39 is 0 Å². The van der Waals surface area contributed by atoms with Gasteiger partial charge in [-0.05, 0) is 36.2 Å². The highest BCUT2D eigenvalue weighted by Gasteiger charge is 2.14. The number of halogens is 1. The van der Waals surface area contributed by atoms with Crippen molar-refractivity contribution in [3.63, 3.8) is 0 Å². The molecule has 0 spiro atoms. The second-order valence-corrected chi connectivity index (χ2v) is 7.13. The smallest absolute Gasteiger partial charge is 0.214 e.